The topological polar surface area (TPSA) is 65.2 Å². The Morgan fingerprint density at radius 3 is 2.56 bits per heavy atom. The third-order valence-corrected chi connectivity index (χ3v) is 4.65. The standard InChI is InChI=1S/C22H25N3O2/c1-15-9-10-19-18(13-15)14-17(21(26)24-19)11-12-23-22(27)20(25(2)3)16-7-5-4-6-8-16/h4-10,13-14,20H,11-12H2,1-3H3,(H,23,27)(H,24,26). The van der Waals surface area contributed by atoms with Gasteiger partial charge in [-0.3, -0.25) is 14.5 Å². The van der Waals surface area contributed by atoms with Gasteiger partial charge in [-0.05, 0) is 56.6 Å². The Labute approximate surface area is 159 Å². The Hall–Kier alpha value is -2.92. The lowest BCUT2D eigenvalue weighted by molar-refractivity contribution is -0.125. The molecule has 5 nitrogen and oxygen atoms in total. The zero-order valence-corrected chi connectivity index (χ0v) is 16.0. The molecule has 2 aromatic carbocycles. The molecular weight excluding hydrogens is 338 g/mol. The first-order valence-corrected chi connectivity index (χ1v) is 9.07. The second-order valence-electron chi connectivity index (χ2n) is 7.03. The van der Waals surface area contributed by atoms with Gasteiger partial charge < -0.3 is 10.3 Å². The van der Waals surface area contributed by atoms with Crippen LogP contribution in [-0.4, -0.2) is 36.4 Å². The van der Waals surface area contributed by atoms with Crippen LogP contribution >= 0.6 is 0 Å². The van der Waals surface area contributed by atoms with Crippen LogP contribution in [-0.2, 0) is 11.2 Å². The summed E-state index contributed by atoms with van der Waals surface area (Å²) in [6.07, 6.45) is 0.486. The van der Waals surface area contributed by atoms with Crippen LogP contribution in [0.4, 0.5) is 0 Å². The van der Waals surface area contributed by atoms with Gasteiger partial charge >= 0.3 is 0 Å². The molecular formula is C22H25N3O2. The van der Waals surface area contributed by atoms with E-state index in [-0.39, 0.29) is 17.5 Å². The van der Waals surface area contributed by atoms with Crippen LogP contribution in [0.2, 0.25) is 0 Å². The number of rotatable bonds is 6. The average Bonchev–Trinajstić information content (AvgIpc) is 2.63. The van der Waals surface area contributed by atoms with Crippen molar-refractivity contribution in [2.24, 2.45) is 0 Å². The molecule has 0 aliphatic carbocycles. The van der Waals surface area contributed by atoms with E-state index < -0.39 is 0 Å². The molecule has 1 atom stereocenters. The molecule has 0 spiro atoms. The van der Waals surface area contributed by atoms with Gasteiger partial charge in [0.1, 0.15) is 6.04 Å². The van der Waals surface area contributed by atoms with E-state index >= 15 is 0 Å². The molecule has 140 valence electrons. The minimum Gasteiger partial charge on any atom is -0.354 e. The first-order chi connectivity index (χ1) is 13.0. The molecule has 0 aliphatic rings. The lowest BCUT2D eigenvalue weighted by Gasteiger charge is -2.23. The first kappa shape index (κ1) is 18.9. The quantitative estimate of drug-likeness (QED) is 0.708. The molecule has 0 fully saturated rings. The SMILES string of the molecule is Cc1ccc2[nH]c(=O)c(CCNC(=O)C(c3ccccc3)N(C)C)cc2c1. The van der Waals surface area contributed by atoms with E-state index in [1.54, 1.807) is 0 Å². The fourth-order valence-electron chi connectivity index (χ4n) is 3.29. The smallest absolute Gasteiger partial charge is 0.251 e. The molecule has 0 saturated heterocycles. The van der Waals surface area contributed by atoms with Gasteiger partial charge in [-0.25, -0.2) is 0 Å². The van der Waals surface area contributed by atoms with Crippen molar-refractivity contribution in [1.29, 1.82) is 0 Å². The van der Waals surface area contributed by atoms with E-state index in [4.69, 9.17) is 0 Å². The predicted octanol–water partition coefficient (Wildman–Crippen LogP) is 2.80. The van der Waals surface area contributed by atoms with Gasteiger partial charge in [0.05, 0.1) is 0 Å². The monoisotopic (exact) mass is 363 g/mol. The molecule has 0 bridgehead atoms. The number of carbonyl (C=O) groups excluding carboxylic acids is 1. The van der Waals surface area contributed by atoms with Gasteiger partial charge in [0.2, 0.25) is 5.91 Å². The minimum absolute atomic E-state index is 0.0701. The predicted molar refractivity (Wildman–Crippen MR) is 109 cm³/mol. The third kappa shape index (κ3) is 4.44. The number of amides is 1. The zero-order valence-electron chi connectivity index (χ0n) is 16.0. The molecule has 1 unspecified atom stereocenters. The summed E-state index contributed by atoms with van der Waals surface area (Å²) in [6.45, 7) is 2.44. The molecule has 0 aliphatic heterocycles. The summed E-state index contributed by atoms with van der Waals surface area (Å²) >= 11 is 0. The van der Waals surface area contributed by atoms with Crippen LogP contribution in [0, 0.1) is 6.92 Å². The lowest BCUT2D eigenvalue weighted by atomic mass is 10.0. The Morgan fingerprint density at radius 2 is 1.85 bits per heavy atom. The highest BCUT2D eigenvalue weighted by Gasteiger charge is 2.22. The maximum Gasteiger partial charge on any atom is 0.251 e. The van der Waals surface area contributed by atoms with Crippen molar-refractivity contribution in [3.63, 3.8) is 0 Å². The number of aromatic amines is 1. The molecule has 2 N–H and O–H groups in total. The van der Waals surface area contributed by atoms with Crippen molar-refractivity contribution in [1.82, 2.24) is 15.2 Å². The maximum absolute atomic E-state index is 12.7. The average molecular weight is 363 g/mol. The maximum atomic E-state index is 12.7. The van der Waals surface area contributed by atoms with Gasteiger partial charge in [-0.2, -0.15) is 0 Å². The van der Waals surface area contributed by atoms with Crippen LogP contribution in [0.3, 0.4) is 0 Å². The van der Waals surface area contributed by atoms with Crippen molar-refractivity contribution >= 4 is 16.8 Å². The number of aryl methyl sites for hydroxylation is 1. The number of nitrogens with one attached hydrogen (secondary N) is 2. The number of nitrogens with zero attached hydrogens (tertiary/aromatic N) is 1. The van der Waals surface area contributed by atoms with Crippen molar-refractivity contribution in [3.8, 4) is 0 Å². The number of pyridine rings is 1. The van der Waals surface area contributed by atoms with Gasteiger partial charge in [0, 0.05) is 17.6 Å². The van der Waals surface area contributed by atoms with Gasteiger partial charge in [-0.1, -0.05) is 42.0 Å². The molecule has 1 amide bonds. The lowest BCUT2D eigenvalue weighted by Crippen LogP contribution is -2.38. The number of carbonyl (C=O) groups is 1. The molecule has 3 aromatic rings. The van der Waals surface area contributed by atoms with Gasteiger partial charge in [-0.15, -0.1) is 0 Å². The van der Waals surface area contributed by atoms with Crippen LogP contribution in [0.15, 0.2) is 59.4 Å². The van der Waals surface area contributed by atoms with E-state index in [1.807, 2.05) is 80.5 Å². The summed E-state index contributed by atoms with van der Waals surface area (Å²) in [7, 11) is 3.77. The molecule has 0 radical (unpaired) electrons. The summed E-state index contributed by atoms with van der Waals surface area (Å²) in [5, 5.41) is 3.97. The molecule has 3 rings (SSSR count). The zero-order chi connectivity index (χ0) is 19.4. The minimum atomic E-state index is -0.358. The Balaban J connectivity index is 1.70. The largest absolute Gasteiger partial charge is 0.354 e. The first-order valence-electron chi connectivity index (χ1n) is 9.07. The van der Waals surface area contributed by atoms with Crippen molar-refractivity contribution in [2.45, 2.75) is 19.4 Å². The molecule has 0 saturated carbocycles. The summed E-state index contributed by atoms with van der Waals surface area (Å²) in [5.41, 5.74) is 3.49. The van der Waals surface area contributed by atoms with Crippen LogP contribution < -0.4 is 10.9 Å². The second-order valence-corrected chi connectivity index (χ2v) is 7.03. The number of fused-ring (bicyclic) bond motifs is 1. The molecule has 5 heteroatoms. The van der Waals surface area contributed by atoms with Crippen LogP contribution in [0.25, 0.3) is 10.9 Å². The van der Waals surface area contributed by atoms with E-state index in [0.717, 1.165) is 22.0 Å². The van der Waals surface area contributed by atoms with Gasteiger partial charge in [0.25, 0.3) is 5.56 Å². The van der Waals surface area contributed by atoms with E-state index in [0.29, 0.717) is 18.5 Å². The summed E-state index contributed by atoms with van der Waals surface area (Å²) < 4.78 is 0. The summed E-state index contributed by atoms with van der Waals surface area (Å²) in [4.78, 5) is 29.8. The molecule has 27 heavy (non-hydrogen) atoms. The van der Waals surface area contributed by atoms with Crippen molar-refractivity contribution in [2.75, 3.05) is 20.6 Å². The fourth-order valence-corrected chi connectivity index (χ4v) is 3.29. The Morgan fingerprint density at radius 1 is 1.11 bits per heavy atom. The number of hydrogen-bond acceptors (Lipinski definition) is 3. The normalized spacial score (nSPS) is 12.3. The molecule has 1 heterocycles. The third-order valence-electron chi connectivity index (χ3n) is 4.65. The van der Waals surface area contributed by atoms with Crippen molar-refractivity contribution in [3.05, 3.63) is 81.6 Å². The van der Waals surface area contributed by atoms with E-state index in [1.165, 1.54) is 0 Å². The highest BCUT2D eigenvalue weighted by atomic mass is 16.2. The van der Waals surface area contributed by atoms with E-state index in [2.05, 4.69) is 10.3 Å². The van der Waals surface area contributed by atoms with E-state index in [9.17, 15) is 9.59 Å². The number of H-pyrrole nitrogens is 1. The van der Waals surface area contributed by atoms with Gasteiger partial charge in [0.15, 0.2) is 0 Å². The second kappa shape index (κ2) is 8.18. The van der Waals surface area contributed by atoms with Crippen molar-refractivity contribution < 1.29 is 4.79 Å². The number of aromatic nitrogens is 1. The number of likely N-dealkylation sites (N-methyl/N-ethyl adjacent to an activating group) is 1. The number of benzene rings is 2. The highest BCUT2D eigenvalue weighted by molar-refractivity contribution is 5.83. The summed E-state index contributed by atoms with van der Waals surface area (Å²) in [6, 6.07) is 17.2. The molecule has 1 aromatic heterocycles. The highest BCUT2D eigenvalue weighted by Crippen LogP contribution is 2.18. The van der Waals surface area contributed by atoms with Crippen LogP contribution in [0.1, 0.15) is 22.7 Å². The fraction of sp³-hybridized carbons (Fsp3) is 0.273. The Kier molecular flexibility index (Phi) is 5.72. The Bertz CT molecular complexity index is 993. The summed E-state index contributed by atoms with van der Waals surface area (Å²) in [5.74, 6) is -0.0701. The van der Waals surface area contributed by atoms with Crippen LogP contribution in [0.5, 0.6) is 0 Å². The number of hydrogen-bond donors (Lipinski definition) is 2.